The van der Waals surface area contributed by atoms with Gasteiger partial charge in [0.15, 0.2) is 0 Å². The number of nitrogens with zero attached hydrogens (tertiary/aromatic N) is 1. The Bertz CT molecular complexity index is 424. The van der Waals surface area contributed by atoms with E-state index in [9.17, 15) is 5.21 Å². The zero-order valence-corrected chi connectivity index (χ0v) is 8.57. The van der Waals surface area contributed by atoms with Crippen LogP contribution in [0.5, 0.6) is 0 Å². The van der Waals surface area contributed by atoms with Crippen LogP contribution in [0.25, 0.3) is 5.01 Å². The minimum Gasteiger partial charge on any atom is -0.498 e. The molecule has 0 aliphatic heterocycles. The van der Waals surface area contributed by atoms with E-state index in [1.54, 1.807) is 6.08 Å². The minimum atomic E-state index is 0.710. The number of hydrogen-bond donors (Lipinski definition) is 0. The van der Waals surface area contributed by atoms with Crippen molar-refractivity contribution >= 4 is 0 Å². The molecule has 0 N–H and O–H groups in total. The number of hydrogen-bond acceptors (Lipinski definition) is 1. The van der Waals surface area contributed by atoms with E-state index in [1.807, 2.05) is 24.3 Å². The Balaban J connectivity index is 3.24. The third-order valence-electron chi connectivity index (χ3n) is 2.15. The molecule has 2 nitrogen and oxygen atoms in total. The zero-order valence-electron chi connectivity index (χ0n) is 8.57. The van der Waals surface area contributed by atoms with E-state index in [0.29, 0.717) is 6.42 Å². The standard InChI is InChI=1S/C13H13NO/c1-3-6-11-8-5-9-12(10-14-15)13(11)7-4-2/h3-5,8-9H,1-2,6-7H2. The molecule has 0 radical (unpaired) electrons. The van der Waals surface area contributed by atoms with Gasteiger partial charge in [0.1, 0.15) is 5.56 Å². The molecule has 1 rings (SSSR count). The molecule has 0 spiro atoms. The highest BCUT2D eigenvalue weighted by atomic mass is 16.4. The Hall–Kier alpha value is -2.01. The van der Waals surface area contributed by atoms with E-state index in [-0.39, 0.29) is 0 Å². The second-order valence-electron chi connectivity index (χ2n) is 3.13. The van der Waals surface area contributed by atoms with Crippen molar-refractivity contribution in [1.82, 2.24) is 0 Å². The van der Waals surface area contributed by atoms with Gasteiger partial charge in [-0.25, -0.2) is 0 Å². The van der Waals surface area contributed by atoms with Gasteiger partial charge in [-0.2, -0.15) is 0 Å². The van der Waals surface area contributed by atoms with Gasteiger partial charge in [0.25, 0.3) is 0 Å². The molecular weight excluding hydrogens is 186 g/mol. The molecule has 0 bridgehead atoms. The number of rotatable bonds is 4. The predicted molar refractivity (Wildman–Crippen MR) is 64.0 cm³/mol. The topological polar surface area (TPSA) is 27.4 Å². The van der Waals surface area contributed by atoms with Crippen molar-refractivity contribution in [3.8, 4) is 6.07 Å². The number of benzene rings is 1. The Kier molecular flexibility index (Phi) is 4.18. The van der Waals surface area contributed by atoms with E-state index in [4.69, 9.17) is 0 Å². The largest absolute Gasteiger partial charge is 0.498 e. The van der Waals surface area contributed by atoms with E-state index < -0.39 is 0 Å². The van der Waals surface area contributed by atoms with Crippen molar-refractivity contribution in [2.45, 2.75) is 12.8 Å². The summed E-state index contributed by atoms with van der Waals surface area (Å²) in [5, 5.41) is 12.9. The van der Waals surface area contributed by atoms with Gasteiger partial charge < -0.3 is 5.21 Å². The normalized spacial score (nSPS) is 8.80. The second kappa shape index (κ2) is 5.66. The minimum absolute atomic E-state index is 0.710. The third kappa shape index (κ3) is 2.72. The fraction of sp³-hybridized carbons (Fsp3) is 0.154. The molecule has 0 aliphatic carbocycles. The Morgan fingerprint density at radius 3 is 2.60 bits per heavy atom. The molecule has 0 aromatic heterocycles. The molecule has 0 aliphatic rings. The van der Waals surface area contributed by atoms with Crippen molar-refractivity contribution in [2.75, 3.05) is 0 Å². The smallest absolute Gasteiger partial charge is 0.336 e. The first-order valence-corrected chi connectivity index (χ1v) is 4.74. The van der Waals surface area contributed by atoms with E-state index in [1.165, 1.54) is 0 Å². The van der Waals surface area contributed by atoms with Gasteiger partial charge in [-0.3, -0.25) is 0 Å². The maximum absolute atomic E-state index is 10.2. The van der Waals surface area contributed by atoms with Crippen molar-refractivity contribution < 1.29 is 0 Å². The molecule has 1 aromatic rings. The molecule has 0 amide bonds. The first kappa shape index (κ1) is 11.1. The van der Waals surface area contributed by atoms with Crippen LogP contribution >= 0.6 is 0 Å². The molecule has 0 saturated carbocycles. The summed E-state index contributed by atoms with van der Waals surface area (Å²) >= 11 is 0. The summed E-state index contributed by atoms with van der Waals surface area (Å²) in [7, 11) is 0. The summed E-state index contributed by atoms with van der Waals surface area (Å²) in [6, 6.07) is 8.17. The van der Waals surface area contributed by atoms with Crippen LogP contribution in [-0.2, 0) is 12.8 Å². The van der Waals surface area contributed by atoms with Crippen LogP contribution in [0, 0.1) is 11.3 Å². The van der Waals surface area contributed by atoms with Crippen LogP contribution in [0.4, 0.5) is 0 Å². The quantitative estimate of drug-likeness (QED) is 0.540. The summed E-state index contributed by atoms with van der Waals surface area (Å²) in [4.78, 5) is 0. The Morgan fingerprint density at radius 2 is 2.00 bits per heavy atom. The van der Waals surface area contributed by atoms with Crippen LogP contribution in [0.15, 0.2) is 43.5 Å². The summed E-state index contributed by atoms with van der Waals surface area (Å²) in [5.74, 6) is 0. The molecule has 76 valence electrons. The van der Waals surface area contributed by atoms with Crippen LogP contribution in [-0.4, -0.2) is 0 Å². The fourth-order valence-electron chi connectivity index (χ4n) is 1.52. The highest BCUT2D eigenvalue weighted by Gasteiger charge is 2.07. The van der Waals surface area contributed by atoms with Gasteiger partial charge in [0.2, 0.25) is 0 Å². The van der Waals surface area contributed by atoms with Gasteiger partial charge in [-0.05, 0) is 30.0 Å². The highest BCUT2D eigenvalue weighted by molar-refractivity contribution is 5.46. The Morgan fingerprint density at radius 1 is 1.27 bits per heavy atom. The molecular formula is C13H13NO. The predicted octanol–water partition coefficient (Wildman–Crippen LogP) is 3.32. The van der Waals surface area contributed by atoms with Gasteiger partial charge in [0.05, 0.1) is 0 Å². The first-order valence-electron chi connectivity index (χ1n) is 4.74. The molecule has 0 atom stereocenters. The van der Waals surface area contributed by atoms with Gasteiger partial charge in [-0.15, -0.1) is 13.2 Å². The van der Waals surface area contributed by atoms with Crippen LogP contribution in [0.1, 0.15) is 16.7 Å². The first-order chi connectivity index (χ1) is 7.33. The van der Waals surface area contributed by atoms with Crippen LogP contribution in [0.3, 0.4) is 0 Å². The summed E-state index contributed by atoms with van der Waals surface area (Å²) in [6.45, 7) is 7.40. The monoisotopic (exact) mass is 199 g/mol. The van der Waals surface area contributed by atoms with E-state index >= 15 is 0 Å². The Labute approximate surface area is 90.0 Å². The number of allylic oxidation sites excluding steroid dienone is 2. The molecule has 2 heteroatoms. The van der Waals surface area contributed by atoms with Crippen LogP contribution in [0.2, 0.25) is 0 Å². The van der Waals surface area contributed by atoms with E-state index in [2.05, 4.69) is 24.2 Å². The second-order valence-corrected chi connectivity index (χ2v) is 3.13. The van der Waals surface area contributed by atoms with Crippen LogP contribution < -0.4 is 0 Å². The van der Waals surface area contributed by atoms with Gasteiger partial charge >= 0.3 is 6.07 Å². The molecule has 0 heterocycles. The summed E-state index contributed by atoms with van der Waals surface area (Å²) in [6.07, 6.45) is 5.12. The van der Waals surface area contributed by atoms with Gasteiger partial charge in [-0.1, -0.05) is 24.3 Å². The molecule has 15 heavy (non-hydrogen) atoms. The maximum atomic E-state index is 10.2. The lowest BCUT2D eigenvalue weighted by Gasteiger charge is -2.05. The summed E-state index contributed by atoms with van der Waals surface area (Å²) < 4.78 is 0. The average molecular weight is 199 g/mol. The van der Waals surface area contributed by atoms with E-state index in [0.717, 1.165) is 23.1 Å². The highest BCUT2D eigenvalue weighted by Crippen LogP contribution is 2.16. The lowest BCUT2D eigenvalue weighted by atomic mass is 9.97. The van der Waals surface area contributed by atoms with Gasteiger partial charge in [0, 0.05) is 5.01 Å². The molecule has 0 fully saturated rings. The van der Waals surface area contributed by atoms with Crippen molar-refractivity contribution in [2.24, 2.45) is 0 Å². The molecule has 1 aromatic carbocycles. The average Bonchev–Trinajstić information content (AvgIpc) is 2.23. The van der Waals surface area contributed by atoms with Crippen molar-refractivity contribution in [3.63, 3.8) is 0 Å². The third-order valence-corrected chi connectivity index (χ3v) is 2.15. The lowest BCUT2D eigenvalue weighted by molar-refractivity contribution is 1.14. The van der Waals surface area contributed by atoms with Crippen molar-refractivity contribution in [1.29, 1.82) is 0 Å². The fourth-order valence-corrected chi connectivity index (χ4v) is 1.52. The SMILES string of the molecule is C=CCc1cccc(C#[N+][O-])c1CC=C. The lowest BCUT2D eigenvalue weighted by Crippen LogP contribution is -1.95. The summed E-state index contributed by atoms with van der Waals surface area (Å²) in [5.41, 5.74) is 2.93. The molecule has 0 saturated heterocycles. The van der Waals surface area contributed by atoms with Crippen molar-refractivity contribution in [3.05, 3.63) is 70.4 Å². The molecule has 0 unspecified atom stereocenters. The maximum Gasteiger partial charge on any atom is 0.336 e. The zero-order chi connectivity index (χ0) is 11.1.